The van der Waals surface area contributed by atoms with Crippen molar-refractivity contribution in [3.05, 3.63) is 30.1 Å². The quantitative estimate of drug-likeness (QED) is 0.808. The molecule has 1 rings (SSSR count). The van der Waals surface area contributed by atoms with Crippen LogP contribution in [0.25, 0.3) is 0 Å². The first-order chi connectivity index (χ1) is 8.54. The molecule has 0 atom stereocenters. The van der Waals surface area contributed by atoms with Crippen molar-refractivity contribution in [2.75, 3.05) is 25.0 Å². The Morgan fingerprint density at radius 1 is 1.44 bits per heavy atom. The van der Waals surface area contributed by atoms with Gasteiger partial charge in [0.25, 0.3) is 0 Å². The molecule has 0 aliphatic carbocycles. The average molecular weight is 254 g/mol. The molecule has 0 aromatic heterocycles. The van der Waals surface area contributed by atoms with E-state index in [1.165, 1.54) is 12.1 Å². The van der Waals surface area contributed by atoms with Crippen molar-refractivity contribution >= 4 is 11.6 Å². The van der Waals surface area contributed by atoms with Crippen LogP contribution in [0.1, 0.15) is 13.8 Å². The second-order valence-electron chi connectivity index (χ2n) is 4.32. The molecule has 100 valence electrons. The van der Waals surface area contributed by atoms with Crippen LogP contribution in [0.4, 0.5) is 10.1 Å². The summed E-state index contributed by atoms with van der Waals surface area (Å²) in [5.74, 6) is -0.744. The van der Waals surface area contributed by atoms with E-state index < -0.39 is 5.82 Å². The van der Waals surface area contributed by atoms with E-state index in [0.717, 1.165) is 0 Å². The van der Waals surface area contributed by atoms with Crippen molar-refractivity contribution in [1.29, 1.82) is 0 Å². The Balaban J connectivity index is 2.58. The van der Waals surface area contributed by atoms with Crippen LogP contribution in [0.3, 0.4) is 0 Å². The van der Waals surface area contributed by atoms with E-state index >= 15 is 0 Å². The van der Waals surface area contributed by atoms with Crippen molar-refractivity contribution in [1.82, 2.24) is 4.90 Å². The number of rotatable bonds is 6. The van der Waals surface area contributed by atoms with Crippen molar-refractivity contribution < 1.29 is 14.3 Å². The van der Waals surface area contributed by atoms with Crippen LogP contribution in [-0.2, 0) is 4.79 Å². The van der Waals surface area contributed by atoms with Crippen LogP contribution in [0.15, 0.2) is 24.3 Å². The number of para-hydroxylation sites is 1. The van der Waals surface area contributed by atoms with E-state index in [4.69, 9.17) is 5.11 Å². The minimum atomic E-state index is -0.455. The van der Waals surface area contributed by atoms with Gasteiger partial charge in [-0.1, -0.05) is 12.1 Å². The molecule has 5 heteroatoms. The third-order valence-corrected chi connectivity index (χ3v) is 2.61. The fourth-order valence-corrected chi connectivity index (χ4v) is 1.59. The van der Waals surface area contributed by atoms with E-state index in [2.05, 4.69) is 5.32 Å². The third kappa shape index (κ3) is 4.43. The number of benzene rings is 1. The third-order valence-electron chi connectivity index (χ3n) is 2.61. The lowest BCUT2D eigenvalue weighted by Crippen LogP contribution is -2.39. The van der Waals surface area contributed by atoms with Crippen LogP contribution in [0.2, 0.25) is 0 Å². The van der Waals surface area contributed by atoms with E-state index in [1.807, 2.05) is 18.7 Å². The number of hydrogen-bond acceptors (Lipinski definition) is 3. The number of anilines is 1. The summed E-state index contributed by atoms with van der Waals surface area (Å²) in [7, 11) is 0. The Morgan fingerprint density at radius 2 is 2.11 bits per heavy atom. The van der Waals surface area contributed by atoms with Gasteiger partial charge < -0.3 is 10.4 Å². The fraction of sp³-hybridized carbons (Fsp3) is 0.462. The summed E-state index contributed by atoms with van der Waals surface area (Å²) in [5, 5.41) is 11.4. The Labute approximate surface area is 106 Å². The highest BCUT2D eigenvalue weighted by Gasteiger charge is 2.14. The highest BCUT2D eigenvalue weighted by atomic mass is 19.1. The molecular weight excluding hydrogens is 235 g/mol. The summed E-state index contributed by atoms with van der Waals surface area (Å²) in [6.45, 7) is 4.41. The Bertz CT molecular complexity index is 396. The first-order valence-corrected chi connectivity index (χ1v) is 5.94. The molecule has 1 aromatic rings. The lowest BCUT2D eigenvalue weighted by molar-refractivity contribution is -0.117. The molecule has 0 aliphatic heterocycles. The van der Waals surface area contributed by atoms with Crippen LogP contribution in [0.5, 0.6) is 0 Å². The predicted molar refractivity (Wildman–Crippen MR) is 68.8 cm³/mol. The maximum absolute atomic E-state index is 13.3. The zero-order valence-electron chi connectivity index (χ0n) is 10.7. The van der Waals surface area contributed by atoms with Gasteiger partial charge in [-0.15, -0.1) is 0 Å². The molecule has 1 amide bonds. The molecule has 18 heavy (non-hydrogen) atoms. The van der Waals surface area contributed by atoms with Crippen molar-refractivity contribution in [3.63, 3.8) is 0 Å². The van der Waals surface area contributed by atoms with E-state index in [0.29, 0.717) is 6.54 Å². The minimum absolute atomic E-state index is 0.00877. The normalized spacial score (nSPS) is 11.0. The number of nitrogens with one attached hydrogen (secondary N) is 1. The van der Waals surface area contributed by atoms with Gasteiger partial charge in [-0.25, -0.2) is 4.39 Å². The van der Waals surface area contributed by atoms with Crippen LogP contribution < -0.4 is 5.32 Å². The average Bonchev–Trinajstić information content (AvgIpc) is 2.31. The zero-order chi connectivity index (χ0) is 13.5. The zero-order valence-corrected chi connectivity index (χ0v) is 10.7. The lowest BCUT2D eigenvalue weighted by atomic mass is 10.3. The minimum Gasteiger partial charge on any atom is -0.395 e. The number of nitrogens with zero attached hydrogens (tertiary/aromatic N) is 1. The maximum Gasteiger partial charge on any atom is 0.238 e. The van der Waals surface area contributed by atoms with Crippen molar-refractivity contribution in [2.24, 2.45) is 0 Å². The van der Waals surface area contributed by atoms with E-state index in [1.54, 1.807) is 12.1 Å². The Morgan fingerprint density at radius 3 is 2.67 bits per heavy atom. The van der Waals surface area contributed by atoms with Gasteiger partial charge in [0.1, 0.15) is 5.82 Å². The van der Waals surface area contributed by atoms with E-state index in [9.17, 15) is 9.18 Å². The first-order valence-electron chi connectivity index (χ1n) is 5.94. The lowest BCUT2D eigenvalue weighted by Gasteiger charge is -2.24. The van der Waals surface area contributed by atoms with E-state index in [-0.39, 0.29) is 30.8 Å². The smallest absolute Gasteiger partial charge is 0.238 e. The summed E-state index contributed by atoms with van der Waals surface area (Å²) < 4.78 is 13.3. The SMILES string of the molecule is CC(C)N(CCO)CC(=O)Nc1ccccc1F. The highest BCUT2D eigenvalue weighted by Crippen LogP contribution is 2.12. The molecule has 0 fully saturated rings. The monoisotopic (exact) mass is 254 g/mol. The summed E-state index contributed by atoms with van der Waals surface area (Å²) in [4.78, 5) is 13.6. The van der Waals surface area contributed by atoms with Crippen molar-refractivity contribution in [2.45, 2.75) is 19.9 Å². The first kappa shape index (κ1) is 14.6. The van der Waals surface area contributed by atoms with Crippen LogP contribution in [0, 0.1) is 5.82 Å². The molecule has 0 saturated heterocycles. The van der Waals surface area contributed by atoms with Gasteiger partial charge in [0, 0.05) is 12.6 Å². The van der Waals surface area contributed by atoms with Gasteiger partial charge >= 0.3 is 0 Å². The molecule has 0 unspecified atom stereocenters. The molecule has 1 aromatic carbocycles. The predicted octanol–water partition coefficient (Wildman–Crippen LogP) is 1.47. The fourth-order valence-electron chi connectivity index (χ4n) is 1.59. The molecule has 4 nitrogen and oxygen atoms in total. The number of halogens is 1. The standard InChI is InChI=1S/C13H19FN2O2/c1-10(2)16(7-8-17)9-13(18)15-12-6-4-3-5-11(12)14/h3-6,10,17H,7-9H2,1-2H3,(H,15,18). The Kier molecular flexibility index (Phi) is 5.74. The summed E-state index contributed by atoms with van der Waals surface area (Å²) >= 11 is 0. The van der Waals surface area contributed by atoms with Crippen LogP contribution >= 0.6 is 0 Å². The summed E-state index contributed by atoms with van der Waals surface area (Å²) in [6, 6.07) is 6.18. The molecular formula is C13H19FN2O2. The molecule has 0 radical (unpaired) electrons. The summed E-state index contributed by atoms with van der Waals surface area (Å²) in [5.41, 5.74) is 0.176. The summed E-state index contributed by atoms with van der Waals surface area (Å²) in [6.07, 6.45) is 0. The largest absolute Gasteiger partial charge is 0.395 e. The molecule has 0 aliphatic rings. The maximum atomic E-state index is 13.3. The van der Waals surface area contributed by atoms with Gasteiger partial charge in [0.05, 0.1) is 18.8 Å². The molecule has 0 bridgehead atoms. The number of aliphatic hydroxyl groups excluding tert-OH is 1. The molecule has 0 spiro atoms. The number of aliphatic hydroxyl groups is 1. The Hall–Kier alpha value is -1.46. The van der Waals surface area contributed by atoms with Gasteiger partial charge in [-0.3, -0.25) is 9.69 Å². The number of carbonyl (C=O) groups excluding carboxylic acids is 1. The second-order valence-corrected chi connectivity index (χ2v) is 4.32. The van der Waals surface area contributed by atoms with Crippen LogP contribution in [-0.4, -0.2) is 41.7 Å². The highest BCUT2D eigenvalue weighted by molar-refractivity contribution is 5.92. The van der Waals surface area contributed by atoms with Gasteiger partial charge in [-0.2, -0.15) is 0 Å². The second kappa shape index (κ2) is 7.08. The van der Waals surface area contributed by atoms with Crippen molar-refractivity contribution in [3.8, 4) is 0 Å². The molecule has 2 N–H and O–H groups in total. The van der Waals surface area contributed by atoms with Gasteiger partial charge in [0.15, 0.2) is 0 Å². The van der Waals surface area contributed by atoms with Gasteiger partial charge in [0.2, 0.25) is 5.91 Å². The van der Waals surface area contributed by atoms with Gasteiger partial charge in [-0.05, 0) is 26.0 Å². The number of carbonyl (C=O) groups is 1. The number of amides is 1. The molecule has 0 saturated carbocycles. The number of hydrogen-bond donors (Lipinski definition) is 2. The molecule has 0 heterocycles. The topological polar surface area (TPSA) is 52.6 Å².